The summed E-state index contributed by atoms with van der Waals surface area (Å²) >= 11 is 4.68. The van der Waals surface area contributed by atoms with Gasteiger partial charge in [0.1, 0.15) is 0 Å². The van der Waals surface area contributed by atoms with Gasteiger partial charge in [-0.15, -0.1) is 0 Å². The van der Waals surface area contributed by atoms with Crippen LogP contribution in [0.4, 0.5) is 0 Å². The second kappa shape index (κ2) is 2.81. The van der Waals surface area contributed by atoms with Gasteiger partial charge in [-0.1, -0.05) is 50.2 Å². The van der Waals surface area contributed by atoms with Crippen molar-refractivity contribution in [1.82, 2.24) is 0 Å². The van der Waals surface area contributed by atoms with Crippen LogP contribution in [0.15, 0.2) is 0 Å². The summed E-state index contributed by atoms with van der Waals surface area (Å²) in [5.41, 5.74) is 0. The van der Waals surface area contributed by atoms with E-state index in [2.05, 4.69) is 12.5 Å². The largest absolute Gasteiger partial charge is 0.226 e. The van der Waals surface area contributed by atoms with Crippen LogP contribution in [0.3, 0.4) is 0 Å². The van der Waals surface area contributed by atoms with Crippen LogP contribution in [0, 0.1) is 0 Å². The summed E-state index contributed by atoms with van der Waals surface area (Å²) in [6, 6.07) is 0. The minimum atomic E-state index is 0.766. The van der Waals surface area contributed by atoms with Gasteiger partial charge in [0, 0.05) is 0 Å². The van der Waals surface area contributed by atoms with E-state index in [0.29, 0.717) is 0 Å². The van der Waals surface area contributed by atoms with E-state index < -0.39 is 0 Å². The van der Waals surface area contributed by atoms with Crippen molar-refractivity contribution in [3.63, 3.8) is 0 Å². The van der Waals surface area contributed by atoms with Crippen LogP contribution in [-0.4, -0.2) is 5.99 Å². The maximum absolute atomic E-state index is 4.68. The van der Waals surface area contributed by atoms with Crippen molar-refractivity contribution in [2.24, 2.45) is 0 Å². The molecule has 0 amide bonds. The van der Waals surface area contributed by atoms with Crippen LogP contribution in [0.2, 0.25) is 11.6 Å². The monoisotopic (exact) mass is 154 g/mol. The first kappa shape index (κ1) is 7.09. The van der Waals surface area contributed by atoms with Gasteiger partial charge >= 0.3 is 0 Å². The third-order valence-corrected chi connectivity index (χ3v) is 4.11. The highest BCUT2D eigenvalue weighted by atomic mass is 32.1. The molecule has 0 aromatic heterocycles. The number of rotatable bonds is 0. The molecule has 0 aromatic carbocycles. The van der Waals surface area contributed by atoms with Crippen LogP contribution in [0.5, 0.6) is 0 Å². The fraction of sp³-hybridized carbons (Fsp3) is 1.00. The zero-order valence-corrected chi connectivity index (χ0v) is 7.32. The molecular weight excluding hydrogens is 139 g/mol. The minimum Gasteiger partial charge on any atom is -0.226 e. The smallest absolute Gasteiger partial charge is 0.211 e. The minimum absolute atomic E-state index is 0.766. The maximum atomic E-state index is 4.68. The van der Waals surface area contributed by atoms with E-state index in [9.17, 15) is 0 Å². The van der Waals surface area contributed by atoms with Gasteiger partial charge in [-0.3, -0.25) is 0 Å². The van der Waals surface area contributed by atoms with Crippen molar-refractivity contribution in [3.8, 4) is 0 Å². The molecule has 10 heavy (non-hydrogen) atoms. The Kier molecular flexibility index (Phi) is 1.99. The van der Waals surface area contributed by atoms with E-state index in [1.807, 2.05) is 0 Å². The molecule has 2 bridgehead atoms. The van der Waals surface area contributed by atoms with Gasteiger partial charge in [-0.25, -0.2) is 12.5 Å². The summed E-state index contributed by atoms with van der Waals surface area (Å²) in [5.74, 6) is 2.73. The Hall–Kier alpha value is 0.415. The molecule has 2 saturated heterocycles. The van der Waals surface area contributed by atoms with Crippen LogP contribution in [-0.2, 0) is 0 Å². The second-order valence-corrected chi connectivity index (χ2v) is 4.47. The van der Waals surface area contributed by atoms with Gasteiger partial charge in [0.2, 0.25) is 5.99 Å². The standard InChI is InChI=1S/C8H15BS/c10-9-7-3-1-4-8(9)6-2-5-7/h7-8,10H,1-6H2. The number of thiol groups is 1. The van der Waals surface area contributed by atoms with Crippen LogP contribution >= 0.6 is 12.5 Å². The molecule has 2 aliphatic rings. The quantitative estimate of drug-likeness (QED) is 0.402. The molecule has 0 aliphatic carbocycles. The molecule has 0 nitrogen and oxygen atoms in total. The fourth-order valence-corrected chi connectivity index (χ4v) is 3.24. The molecule has 0 atom stereocenters. The molecule has 0 N–H and O–H groups in total. The Labute approximate surface area is 69.2 Å². The number of hydrogen-bond donors (Lipinski definition) is 1. The third-order valence-electron chi connectivity index (χ3n) is 3.27. The molecule has 0 unspecified atom stereocenters. The topological polar surface area (TPSA) is 0 Å². The van der Waals surface area contributed by atoms with Crippen molar-refractivity contribution in [2.45, 2.75) is 50.2 Å². The molecule has 2 rings (SSSR count). The number of fused-ring (bicyclic) bond motifs is 2. The lowest BCUT2D eigenvalue weighted by atomic mass is 9.42. The highest BCUT2D eigenvalue weighted by Gasteiger charge is 2.36. The molecule has 2 heterocycles. The normalized spacial score (nSPS) is 39.9. The van der Waals surface area contributed by atoms with Crippen molar-refractivity contribution < 1.29 is 0 Å². The molecule has 0 aromatic rings. The molecule has 2 aliphatic heterocycles. The maximum Gasteiger partial charge on any atom is 0.211 e. The first-order chi connectivity index (χ1) is 4.88. The van der Waals surface area contributed by atoms with E-state index >= 15 is 0 Å². The predicted octanol–water partition coefficient (Wildman–Crippen LogP) is 3.02. The highest BCUT2D eigenvalue weighted by molar-refractivity contribution is 8.10. The van der Waals surface area contributed by atoms with Crippen molar-refractivity contribution in [2.75, 3.05) is 0 Å². The Bertz CT molecular complexity index is 104. The van der Waals surface area contributed by atoms with Gasteiger partial charge in [0.25, 0.3) is 0 Å². The van der Waals surface area contributed by atoms with Crippen molar-refractivity contribution in [3.05, 3.63) is 0 Å². The van der Waals surface area contributed by atoms with Crippen molar-refractivity contribution >= 4 is 18.5 Å². The third kappa shape index (κ3) is 1.11. The lowest BCUT2D eigenvalue weighted by molar-refractivity contribution is 0.452. The SMILES string of the molecule is SB1C2CCCC1CCC2. The zero-order chi connectivity index (χ0) is 6.97. The molecule has 0 spiro atoms. The molecule has 2 heteroatoms. The summed E-state index contributed by atoms with van der Waals surface area (Å²) in [6.45, 7) is 0. The summed E-state index contributed by atoms with van der Waals surface area (Å²) in [7, 11) is 0. The van der Waals surface area contributed by atoms with Gasteiger partial charge in [0.15, 0.2) is 0 Å². The first-order valence-corrected chi connectivity index (χ1v) is 5.07. The Morgan fingerprint density at radius 2 is 1.30 bits per heavy atom. The average molecular weight is 154 g/mol. The van der Waals surface area contributed by atoms with Gasteiger partial charge in [-0.2, -0.15) is 0 Å². The summed E-state index contributed by atoms with van der Waals surface area (Å²) < 4.78 is 0. The Morgan fingerprint density at radius 3 is 1.60 bits per heavy atom. The van der Waals surface area contributed by atoms with Crippen LogP contribution in [0.1, 0.15) is 38.5 Å². The van der Waals surface area contributed by atoms with E-state index in [0.717, 1.165) is 17.6 Å². The van der Waals surface area contributed by atoms with E-state index in [1.54, 1.807) is 0 Å². The molecular formula is C8H15BS. The average Bonchev–Trinajstić information content (AvgIpc) is 1.86. The predicted molar refractivity (Wildman–Crippen MR) is 49.9 cm³/mol. The Balaban J connectivity index is 2.05. The molecule has 0 radical (unpaired) electrons. The number of hydrogen-bond acceptors (Lipinski definition) is 1. The molecule has 2 fully saturated rings. The lowest BCUT2D eigenvalue weighted by Gasteiger charge is -2.37. The van der Waals surface area contributed by atoms with Crippen molar-refractivity contribution in [1.29, 1.82) is 0 Å². The first-order valence-electron chi connectivity index (χ1n) is 4.56. The second-order valence-electron chi connectivity index (χ2n) is 3.87. The van der Waals surface area contributed by atoms with Gasteiger partial charge in [0.05, 0.1) is 0 Å². The van der Waals surface area contributed by atoms with Gasteiger partial charge < -0.3 is 0 Å². The summed E-state index contributed by atoms with van der Waals surface area (Å²) in [4.78, 5) is 0. The van der Waals surface area contributed by atoms with E-state index in [-0.39, 0.29) is 0 Å². The van der Waals surface area contributed by atoms with Crippen LogP contribution < -0.4 is 0 Å². The van der Waals surface area contributed by atoms with E-state index in [4.69, 9.17) is 0 Å². The van der Waals surface area contributed by atoms with Crippen LogP contribution in [0.25, 0.3) is 0 Å². The fourth-order valence-electron chi connectivity index (χ4n) is 2.64. The Morgan fingerprint density at radius 1 is 0.900 bits per heavy atom. The lowest BCUT2D eigenvalue weighted by Crippen LogP contribution is -2.29. The molecule has 56 valence electrons. The zero-order valence-electron chi connectivity index (χ0n) is 6.42. The van der Waals surface area contributed by atoms with E-state index in [1.165, 1.54) is 38.5 Å². The van der Waals surface area contributed by atoms with Gasteiger partial charge in [-0.05, 0) is 0 Å². The summed E-state index contributed by atoms with van der Waals surface area (Å²) in [5, 5.41) is 0. The highest BCUT2D eigenvalue weighted by Crippen LogP contribution is 2.47. The molecule has 0 saturated carbocycles. The summed E-state index contributed by atoms with van der Waals surface area (Å²) in [6.07, 6.45) is 8.81.